The van der Waals surface area contributed by atoms with Gasteiger partial charge >= 0.3 is 0 Å². The summed E-state index contributed by atoms with van der Waals surface area (Å²) in [5, 5.41) is 9.65. The molecule has 0 fully saturated rings. The van der Waals surface area contributed by atoms with Crippen molar-refractivity contribution in [2.45, 2.75) is 33.8 Å². The van der Waals surface area contributed by atoms with Crippen LogP contribution in [0.4, 0.5) is 0 Å². The number of hydrogen-bond acceptors (Lipinski definition) is 5. The molecule has 2 aliphatic heterocycles. The molecule has 0 radical (unpaired) electrons. The van der Waals surface area contributed by atoms with E-state index in [4.69, 9.17) is 0 Å². The summed E-state index contributed by atoms with van der Waals surface area (Å²) < 4.78 is 2.71. The lowest BCUT2D eigenvalue weighted by atomic mass is 10.3. The first-order chi connectivity index (χ1) is 7.49. The molecule has 1 nitrogen and oxygen atoms in total. The second-order valence-electron chi connectivity index (χ2n) is 3.69. The first kappa shape index (κ1) is 13.0. The number of aliphatic hydroxyl groups excluding tert-OH is 1. The predicted octanol–water partition coefficient (Wildman–Crippen LogP) is 4.94. The van der Waals surface area contributed by atoms with Crippen LogP contribution in [0.2, 0.25) is 0 Å². The van der Waals surface area contributed by atoms with E-state index < -0.39 is 0 Å². The van der Waals surface area contributed by atoms with Gasteiger partial charge in [0, 0.05) is 4.91 Å². The average molecular weight is 290 g/mol. The smallest absolute Gasteiger partial charge is 0.0831 e. The third-order valence-electron chi connectivity index (χ3n) is 2.33. The summed E-state index contributed by atoms with van der Waals surface area (Å²) in [6.07, 6.45) is -0.345. The standard InChI is InChI=1S/C11H14OS4/c1-5(12)9-8(4)15-11(16-9)10-13-6(2)7(3)14-10/h5,12H,1-4H3/t5-/m1/s1. The van der Waals surface area contributed by atoms with E-state index in [9.17, 15) is 5.11 Å². The van der Waals surface area contributed by atoms with Gasteiger partial charge in [-0.25, -0.2) is 0 Å². The molecule has 1 atom stereocenters. The molecule has 0 aromatic rings. The minimum Gasteiger partial charge on any atom is -0.388 e. The fraction of sp³-hybridized carbons (Fsp3) is 0.455. The predicted molar refractivity (Wildman–Crippen MR) is 80.1 cm³/mol. The Morgan fingerprint density at radius 2 is 1.25 bits per heavy atom. The van der Waals surface area contributed by atoms with Crippen molar-refractivity contribution in [1.29, 1.82) is 0 Å². The Balaban J connectivity index is 2.16. The highest BCUT2D eigenvalue weighted by Gasteiger charge is 2.27. The molecule has 0 saturated heterocycles. The lowest BCUT2D eigenvalue weighted by molar-refractivity contribution is 0.240. The van der Waals surface area contributed by atoms with Crippen LogP contribution in [0, 0.1) is 0 Å². The van der Waals surface area contributed by atoms with Crippen LogP contribution in [0.25, 0.3) is 0 Å². The first-order valence-corrected chi connectivity index (χ1v) is 8.27. The van der Waals surface area contributed by atoms with Crippen molar-refractivity contribution in [3.8, 4) is 0 Å². The minimum atomic E-state index is -0.345. The van der Waals surface area contributed by atoms with Crippen molar-refractivity contribution >= 4 is 47.0 Å². The van der Waals surface area contributed by atoms with Crippen LogP contribution in [0.15, 0.2) is 28.1 Å². The summed E-state index contributed by atoms with van der Waals surface area (Å²) in [5.41, 5.74) is 0. The molecule has 16 heavy (non-hydrogen) atoms. The molecule has 0 unspecified atom stereocenters. The number of rotatable bonds is 1. The monoisotopic (exact) mass is 290 g/mol. The van der Waals surface area contributed by atoms with Crippen molar-refractivity contribution in [3.05, 3.63) is 28.1 Å². The lowest BCUT2D eigenvalue weighted by Crippen LogP contribution is -1.99. The van der Waals surface area contributed by atoms with E-state index in [-0.39, 0.29) is 6.10 Å². The largest absolute Gasteiger partial charge is 0.388 e. The lowest BCUT2D eigenvalue weighted by Gasteiger charge is -2.05. The summed E-state index contributed by atoms with van der Waals surface area (Å²) in [7, 11) is 0. The average Bonchev–Trinajstić information content (AvgIpc) is 2.71. The molecule has 88 valence electrons. The number of aliphatic hydroxyl groups is 1. The van der Waals surface area contributed by atoms with Gasteiger partial charge in [0.1, 0.15) is 0 Å². The summed E-state index contributed by atoms with van der Waals surface area (Å²) >= 11 is 7.25. The van der Waals surface area contributed by atoms with E-state index in [2.05, 4.69) is 20.8 Å². The Kier molecular flexibility index (Phi) is 4.12. The maximum atomic E-state index is 9.65. The molecule has 2 aliphatic rings. The quantitative estimate of drug-likeness (QED) is 0.736. The van der Waals surface area contributed by atoms with Crippen molar-refractivity contribution in [2.24, 2.45) is 0 Å². The maximum absolute atomic E-state index is 9.65. The van der Waals surface area contributed by atoms with E-state index in [1.165, 1.54) is 23.2 Å². The molecule has 0 aliphatic carbocycles. The number of thioether (sulfide) groups is 4. The van der Waals surface area contributed by atoms with Gasteiger partial charge < -0.3 is 5.11 Å². The SMILES string of the molecule is CC1=C(C)SC(=C2SC(C)=C([C@@H](C)O)S2)S1. The topological polar surface area (TPSA) is 20.2 Å². The van der Waals surface area contributed by atoms with Crippen molar-refractivity contribution in [3.63, 3.8) is 0 Å². The zero-order valence-corrected chi connectivity index (χ0v) is 12.9. The van der Waals surface area contributed by atoms with Gasteiger partial charge in [0.15, 0.2) is 0 Å². The van der Waals surface area contributed by atoms with Gasteiger partial charge in [-0.15, -0.1) is 0 Å². The zero-order chi connectivity index (χ0) is 11.9. The minimum absolute atomic E-state index is 0.345. The summed E-state index contributed by atoms with van der Waals surface area (Å²) in [6.45, 7) is 8.26. The third kappa shape index (κ3) is 2.53. The molecule has 1 N–H and O–H groups in total. The third-order valence-corrected chi connectivity index (χ3v) is 8.28. The summed E-state index contributed by atoms with van der Waals surface area (Å²) in [5.74, 6) is 0. The first-order valence-electron chi connectivity index (χ1n) is 5.01. The van der Waals surface area contributed by atoms with E-state index in [0.717, 1.165) is 4.91 Å². The molecule has 5 heteroatoms. The summed E-state index contributed by atoms with van der Waals surface area (Å²) in [6, 6.07) is 0. The van der Waals surface area contributed by atoms with Gasteiger partial charge in [-0.05, 0) is 42.4 Å². The van der Waals surface area contributed by atoms with Crippen molar-refractivity contribution in [2.75, 3.05) is 0 Å². The van der Waals surface area contributed by atoms with Gasteiger partial charge in [0.25, 0.3) is 0 Å². The highest BCUT2D eigenvalue weighted by molar-refractivity contribution is 8.34. The highest BCUT2D eigenvalue weighted by Crippen LogP contribution is 2.59. The number of hydrogen-bond donors (Lipinski definition) is 1. The van der Waals surface area contributed by atoms with E-state index >= 15 is 0 Å². The van der Waals surface area contributed by atoms with Crippen LogP contribution in [-0.2, 0) is 0 Å². The molecule has 2 heterocycles. The normalized spacial score (nSPS) is 23.8. The molecular formula is C11H14OS4. The highest BCUT2D eigenvalue weighted by atomic mass is 32.2. The van der Waals surface area contributed by atoms with Crippen LogP contribution >= 0.6 is 47.0 Å². The Hall–Kier alpha value is 0.580. The van der Waals surface area contributed by atoms with Crippen LogP contribution < -0.4 is 0 Å². The van der Waals surface area contributed by atoms with E-state index in [0.29, 0.717) is 0 Å². The van der Waals surface area contributed by atoms with Crippen LogP contribution in [0.5, 0.6) is 0 Å². The number of allylic oxidation sites excluding steroid dienone is 3. The molecule has 0 aromatic heterocycles. The van der Waals surface area contributed by atoms with E-state index in [1.54, 1.807) is 23.5 Å². The Bertz CT molecular complexity index is 402. The second kappa shape index (κ2) is 5.06. The molecule has 2 rings (SSSR count). The fourth-order valence-electron chi connectivity index (χ4n) is 1.37. The zero-order valence-electron chi connectivity index (χ0n) is 9.66. The van der Waals surface area contributed by atoms with Gasteiger partial charge in [-0.1, -0.05) is 47.0 Å². The van der Waals surface area contributed by atoms with Gasteiger partial charge in [-0.2, -0.15) is 0 Å². The molecule has 0 amide bonds. The fourth-order valence-corrected chi connectivity index (χ4v) is 6.84. The molecule has 0 bridgehead atoms. The Morgan fingerprint density at radius 3 is 1.69 bits per heavy atom. The molecule has 0 saturated carbocycles. The van der Waals surface area contributed by atoms with Crippen molar-refractivity contribution in [1.82, 2.24) is 0 Å². The van der Waals surface area contributed by atoms with Crippen molar-refractivity contribution < 1.29 is 5.11 Å². The molecule has 0 aromatic carbocycles. The van der Waals surface area contributed by atoms with Gasteiger partial charge in [0.05, 0.1) is 14.6 Å². The Morgan fingerprint density at radius 1 is 0.812 bits per heavy atom. The maximum Gasteiger partial charge on any atom is 0.0831 e. The van der Waals surface area contributed by atoms with Crippen LogP contribution in [0.1, 0.15) is 27.7 Å². The van der Waals surface area contributed by atoms with Gasteiger partial charge in [0.2, 0.25) is 0 Å². The Labute approximate surface area is 114 Å². The summed E-state index contributed by atoms with van der Waals surface area (Å²) in [4.78, 5) is 5.15. The second-order valence-corrected chi connectivity index (χ2v) is 8.94. The molecule has 0 spiro atoms. The van der Waals surface area contributed by atoms with Crippen LogP contribution in [-0.4, -0.2) is 11.2 Å². The van der Waals surface area contributed by atoms with E-state index in [1.807, 2.05) is 30.4 Å². The van der Waals surface area contributed by atoms with Crippen LogP contribution in [0.3, 0.4) is 0 Å². The molecular weight excluding hydrogens is 276 g/mol. The van der Waals surface area contributed by atoms with Gasteiger partial charge in [-0.3, -0.25) is 0 Å².